The molecule has 5 nitrogen and oxygen atoms in total. The van der Waals surface area contributed by atoms with Gasteiger partial charge in [0.25, 0.3) is 0 Å². The van der Waals surface area contributed by atoms with Crippen molar-refractivity contribution in [2.45, 2.75) is 27.7 Å². The SMILES string of the molecule is CC(C=CC=C(C)C(=O)O)=CC=CC=C(C)C=CC=C(C)C(=O)O.c1ccncc1. The molecule has 0 aliphatic rings. The van der Waals surface area contributed by atoms with Crippen molar-refractivity contribution in [3.05, 3.63) is 114 Å². The summed E-state index contributed by atoms with van der Waals surface area (Å²) in [5, 5.41) is 17.4. The predicted octanol–water partition coefficient (Wildman–Crippen LogP) is 5.69. The van der Waals surface area contributed by atoms with Gasteiger partial charge in [-0.2, -0.15) is 0 Å². The van der Waals surface area contributed by atoms with Gasteiger partial charge in [-0.1, -0.05) is 78.0 Å². The van der Waals surface area contributed by atoms with Crippen LogP contribution in [-0.2, 0) is 9.59 Å². The van der Waals surface area contributed by atoms with E-state index in [2.05, 4.69) is 4.98 Å². The van der Waals surface area contributed by atoms with Crippen LogP contribution in [0.1, 0.15) is 27.7 Å². The van der Waals surface area contributed by atoms with Crippen LogP contribution in [0.3, 0.4) is 0 Å². The lowest BCUT2D eigenvalue weighted by molar-refractivity contribution is -0.133. The van der Waals surface area contributed by atoms with E-state index in [9.17, 15) is 9.59 Å². The van der Waals surface area contributed by atoms with Crippen LogP contribution in [0.15, 0.2) is 114 Å². The van der Waals surface area contributed by atoms with E-state index in [1.165, 1.54) is 0 Å². The Morgan fingerprint density at radius 2 is 1.03 bits per heavy atom. The fourth-order valence-corrected chi connectivity index (χ4v) is 1.67. The number of aromatic nitrogens is 1. The van der Waals surface area contributed by atoms with Crippen LogP contribution < -0.4 is 0 Å². The molecule has 1 aromatic rings. The summed E-state index contributed by atoms with van der Waals surface area (Å²) in [6.45, 7) is 6.92. The second-order valence-electron chi connectivity index (χ2n) is 6.26. The summed E-state index contributed by atoms with van der Waals surface area (Å²) in [5.74, 6) is -1.86. The lowest BCUT2D eigenvalue weighted by Gasteiger charge is -1.90. The quantitative estimate of drug-likeness (QED) is 0.427. The third kappa shape index (κ3) is 15.3. The topological polar surface area (TPSA) is 87.5 Å². The number of rotatable bonds is 8. The molecule has 0 aliphatic heterocycles. The van der Waals surface area contributed by atoms with Crippen molar-refractivity contribution in [1.82, 2.24) is 4.98 Å². The Morgan fingerprint density at radius 3 is 1.30 bits per heavy atom. The first-order valence-corrected chi connectivity index (χ1v) is 9.27. The monoisotopic (exact) mass is 407 g/mol. The van der Waals surface area contributed by atoms with Gasteiger partial charge >= 0.3 is 11.9 Å². The van der Waals surface area contributed by atoms with E-state index in [0.717, 1.165) is 11.1 Å². The molecule has 0 saturated heterocycles. The number of aliphatic carboxylic acids is 2. The summed E-state index contributed by atoms with van der Waals surface area (Å²) in [6, 6.07) is 5.72. The molecule has 0 aromatic carbocycles. The minimum atomic E-state index is -0.928. The van der Waals surface area contributed by atoms with Crippen molar-refractivity contribution in [1.29, 1.82) is 0 Å². The molecule has 30 heavy (non-hydrogen) atoms. The normalized spacial score (nSPS) is 13.6. The number of pyridine rings is 1. The zero-order valence-corrected chi connectivity index (χ0v) is 17.8. The number of hydrogen-bond acceptors (Lipinski definition) is 3. The van der Waals surface area contributed by atoms with Gasteiger partial charge in [0.1, 0.15) is 0 Å². The summed E-state index contributed by atoms with van der Waals surface area (Å²) in [4.78, 5) is 25.0. The van der Waals surface area contributed by atoms with Crippen LogP contribution in [0.5, 0.6) is 0 Å². The lowest BCUT2D eigenvalue weighted by Crippen LogP contribution is -1.94. The highest BCUT2D eigenvalue weighted by atomic mass is 16.4. The number of carbonyl (C=O) groups is 2. The van der Waals surface area contributed by atoms with Crippen molar-refractivity contribution in [2.24, 2.45) is 0 Å². The van der Waals surface area contributed by atoms with Crippen molar-refractivity contribution in [3.63, 3.8) is 0 Å². The summed E-state index contributed by atoms with van der Waals surface area (Å²) in [7, 11) is 0. The molecule has 5 heteroatoms. The average molecular weight is 408 g/mol. The Balaban J connectivity index is 0.00000118. The van der Waals surface area contributed by atoms with Gasteiger partial charge in [0.05, 0.1) is 0 Å². The highest BCUT2D eigenvalue weighted by Crippen LogP contribution is 2.01. The molecule has 0 atom stereocenters. The van der Waals surface area contributed by atoms with E-state index >= 15 is 0 Å². The maximum Gasteiger partial charge on any atom is 0.331 e. The number of hydrogen-bond donors (Lipinski definition) is 2. The van der Waals surface area contributed by atoms with E-state index < -0.39 is 11.9 Å². The van der Waals surface area contributed by atoms with E-state index in [-0.39, 0.29) is 11.1 Å². The first kappa shape index (κ1) is 26.3. The first-order valence-electron chi connectivity index (χ1n) is 9.27. The van der Waals surface area contributed by atoms with Gasteiger partial charge in [-0.25, -0.2) is 9.59 Å². The highest BCUT2D eigenvalue weighted by molar-refractivity contribution is 5.86. The minimum absolute atomic E-state index is 0.284. The molecule has 1 rings (SSSR count). The number of nitrogens with zero attached hydrogens (tertiary/aromatic N) is 1. The fourth-order valence-electron chi connectivity index (χ4n) is 1.67. The molecule has 1 heterocycles. The first-order chi connectivity index (χ1) is 14.2. The Bertz CT molecular complexity index is 798. The predicted molar refractivity (Wildman–Crippen MR) is 122 cm³/mol. The molecular formula is C25H29NO4. The van der Waals surface area contributed by atoms with E-state index in [4.69, 9.17) is 10.2 Å². The van der Waals surface area contributed by atoms with E-state index in [1.54, 1.807) is 50.5 Å². The van der Waals surface area contributed by atoms with Crippen molar-refractivity contribution < 1.29 is 19.8 Å². The smallest absolute Gasteiger partial charge is 0.331 e. The van der Waals surface area contributed by atoms with Gasteiger partial charge in [-0.05, 0) is 39.8 Å². The summed E-state index contributed by atoms with van der Waals surface area (Å²) in [6.07, 6.45) is 21.2. The number of carboxylic acid groups (broad SMARTS) is 2. The molecule has 0 unspecified atom stereocenters. The Hall–Kier alpha value is -3.73. The van der Waals surface area contributed by atoms with Crippen LogP contribution in [0.4, 0.5) is 0 Å². The number of allylic oxidation sites excluding steroid dienone is 12. The second kappa shape index (κ2) is 16.2. The molecule has 0 bridgehead atoms. The third-order valence-corrected chi connectivity index (χ3v) is 3.48. The fraction of sp³-hybridized carbons (Fsp3) is 0.160. The molecule has 0 fully saturated rings. The van der Waals surface area contributed by atoms with Gasteiger partial charge in [-0.15, -0.1) is 0 Å². The third-order valence-electron chi connectivity index (χ3n) is 3.48. The zero-order chi connectivity index (χ0) is 22.8. The molecule has 0 radical (unpaired) electrons. The van der Waals surface area contributed by atoms with Crippen molar-refractivity contribution >= 4 is 11.9 Å². The van der Waals surface area contributed by atoms with Crippen LogP contribution >= 0.6 is 0 Å². The standard InChI is InChI=1S/C20H24O4.C5H5N/c1-15(11-7-13-17(3)19(21)22)9-5-6-10-16(2)12-8-14-18(4)20(23)24;1-2-4-6-5-3-1/h5-14H,1-4H3,(H,21,22)(H,23,24);1-5H. The number of carboxylic acids is 2. The highest BCUT2D eigenvalue weighted by Gasteiger charge is 1.96. The molecule has 1 aromatic heterocycles. The van der Waals surface area contributed by atoms with Gasteiger partial charge < -0.3 is 10.2 Å². The molecule has 2 N–H and O–H groups in total. The molecule has 0 aliphatic carbocycles. The van der Waals surface area contributed by atoms with Gasteiger partial charge in [0, 0.05) is 23.5 Å². The van der Waals surface area contributed by atoms with Crippen LogP contribution in [-0.4, -0.2) is 27.1 Å². The van der Waals surface area contributed by atoms with Crippen LogP contribution in [0.25, 0.3) is 0 Å². The summed E-state index contributed by atoms with van der Waals surface area (Å²) < 4.78 is 0. The second-order valence-corrected chi connectivity index (χ2v) is 6.26. The van der Waals surface area contributed by atoms with Gasteiger partial charge in [0.2, 0.25) is 0 Å². The largest absolute Gasteiger partial charge is 0.478 e. The maximum atomic E-state index is 10.6. The Kier molecular flexibility index (Phi) is 14.2. The summed E-state index contributed by atoms with van der Waals surface area (Å²) >= 11 is 0. The lowest BCUT2D eigenvalue weighted by atomic mass is 10.2. The van der Waals surface area contributed by atoms with Crippen molar-refractivity contribution in [3.8, 4) is 0 Å². The van der Waals surface area contributed by atoms with Crippen molar-refractivity contribution in [2.75, 3.05) is 0 Å². The minimum Gasteiger partial charge on any atom is -0.478 e. The average Bonchev–Trinajstić information content (AvgIpc) is 2.72. The van der Waals surface area contributed by atoms with Crippen LogP contribution in [0.2, 0.25) is 0 Å². The molecular weight excluding hydrogens is 378 g/mol. The van der Waals surface area contributed by atoms with Crippen LogP contribution in [0, 0.1) is 0 Å². The Morgan fingerprint density at radius 1 is 0.633 bits per heavy atom. The Labute approximate surface area is 178 Å². The zero-order valence-electron chi connectivity index (χ0n) is 17.8. The van der Waals surface area contributed by atoms with Gasteiger partial charge in [-0.3, -0.25) is 4.98 Å². The molecule has 0 saturated carbocycles. The molecule has 158 valence electrons. The maximum absolute atomic E-state index is 10.6. The van der Waals surface area contributed by atoms with E-state index in [1.807, 2.05) is 68.5 Å². The molecule has 0 amide bonds. The summed E-state index contributed by atoms with van der Waals surface area (Å²) in [5.41, 5.74) is 2.55. The van der Waals surface area contributed by atoms with E-state index in [0.29, 0.717) is 0 Å². The molecule has 0 spiro atoms. The van der Waals surface area contributed by atoms with Gasteiger partial charge in [0.15, 0.2) is 0 Å².